The summed E-state index contributed by atoms with van der Waals surface area (Å²) in [7, 11) is -3.87. The van der Waals surface area contributed by atoms with Crippen molar-refractivity contribution in [3.8, 4) is 0 Å². The van der Waals surface area contributed by atoms with Crippen LogP contribution in [-0.4, -0.2) is 31.4 Å². The van der Waals surface area contributed by atoms with Gasteiger partial charge in [0.2, 0.25) is 15.9 Å². The van der Waals surface area contributed by atoms with E-state index >= 15 is 0 Å². The zero-order chi connectivity index (χ0) is 17.4. The lowest BCUT2D eigenvalue weighted by Gasteiger charge is -2.16. The minimum Gasteiger partial charge on any atom is -0.478 e. The lowest BCUT2D eigenvalue weighted by atomic mass is 10.1. The molecule has 1 aliphatic rings. The SMILES string of the molecule is Cc1cc(C(=O)O)cc(S(=O)(=O)N[C@@H]2CC[C@H](C(N)=O)C2)c1C. The Morgan fingerprint density at radius 2 is 1.91 bits per heavy atom. The maximum atomic E-state index is 12.6. The van der Waals surface area contributed by atoms with Crippen LogP contribution in [0.1, 0.15) is 40.7 Å². The van der Waals surface area contributed by atoms with E-state index in [2.05, 4.69) is 4.72 Å². The second-order valence-corrected chi connectivity index (χ2v) is 7.63. The van der Waals surface area contributed by atoms with Crippen LogP contribution in [0.4, 0.5) is 0 Å². The van der Waals surface area contributed by atoms with Gasteiger partial charge in [0, 0.05) is 12.0 Å². The molecule has 23 heavy (non-hydrogen) atoms. The van der Waals surface area contributed by atoms with Crippen LogP contribution in [0.15, 0.2) is 17.0 Å². The molecule has 0 unspecified atom stereocenters. The van der Waals surface area contributed by atoms with Gasteiger partial charge in [-0.1, -0.05) is 0 Å². The molecule has 2 atom stereocenters. The van der Waals surface area contributed by atoms with E-state index in [1.807, 2.05) is 0 Å². The highest BCUT2D eigenvalue weighted by Gasteiger charge is 2.32. The van der Waals surface area contributed by atoms with Crippen molar-refractivity contribution in [3.05, 3.63) is 28.8 Å². The molecule has 1 aromatic carbocycles. The number of rotatable bonds is 5. The molecule has 4 N–H and O–H groups in total. The third-order valence-electron chi connectivity index (χ3n) is 4.31. The summed E-state index contributed by atoms with van der Waals surface area (Å²) in [6.45, 7) is 3.30. The molecule has 0 spiro atoms. The number of hydrogen-bond donors (Lipinski definition) is 3. The van der Waals surface area contributed by atoms with Gasteiger partial charge in [-0.25, -0.2) is 17.9 Å². The fourth-order valence-corrected chi connectivity index (χ4v) is 4.49. The van der Waals surface area contributed by atoms with Crippen molar-refractivity contribution in [2.24, 2.45) is 11.7 Å². The third kappa shape index (κ3) is 3.70. The highest BCUT2D eigenvalue weighted by atomic mass is 32.2. The van der Waals surface area contributed by atoms with Gasteiger partial charge in [0.05, 0.1) is 10.5 Å². The van der Waals surface area contributed by atoms with Crippen LogP contribution in [-0.2, 0) is 14.8 Å². The Hall–Kier alpha value is -1.93. The Morgan fingerprint density at radius 3 is 2.43 bits per heavy atom. The molecule has 126 valence electrons. The van der Waals surface area contributed by atoms with Crippen LogP contribution in [0.25, 0.3) is 0 Å². The smallest absolute Gasteiger partial charge is 0.335 e. The minimum absolute atomic E-state index is 0.0441. The normalized spacial score (nSPS) is 21.3. The van der Waals surface area contributed by atoms with E-state index in [0.29, 0.717) is 30.4 Å². The molecule has 0 aromatic heterocycles. The summed E-state index contributed by atoms with van der Waals surface area (Å²) in [5.41, 5.74) is 6.27. The number of hydrogen-bond acceptors (Lipinski definition) is 4. The van der Waals surface area contributed by atoms with Crippen molar-refractivity contribution < 1.29 is 23.1 Å². The predicted octanol–water partition coefficient (Wildman–Crippen LogP) is 0.934. The number of aryl methyl sites for hydroxylation is 1. The van der Waals surface area contributed by atoms with Crippen molar-refractivity contribution in [1.29, 1.82) is 0 Å². The molecule has 0 heterocycles. The van der Waals surface area contributed by atoms with Crippen LogP contribution in [0.5, 0.6) is 0 Å². The van der Waals surface area contributed by atoms with Gasteiger partial charge >= 0.3 is 5.97 Å². The first-order valence-electron chi connectivity index (χ1n) is 7.28. The van der Waals surface area contributed by atoms with Crippen molar-refractivity contribution in [3.63, 3.8) is 0 Å². The molecule has 8 heteroatoms. The number of nitrogens with one attached hydrogen (secondary N) is 1. The lowest BCUT2D eigenvalue weighted by molar-refractivity contribution is -0.121. The number of sulfonamides is 1. The quantitative estimate of drug-likeness (QED) is 0.735. The maximum Gasteiger partial charge on any atom is 0.335 e. The first-order chi connectivity index (χ1) is 10.6. The molecule has 0 aliphatic heterocycles. The Bertz CT molecular complexity index is 757. The number of carboxylic acid groups (broad SMARTS) is 1. The highest BCUT2D eigenvalue weighted by Crippen LogP contribution is 2.28. The summed E-state index contributed by atoms with van der Waals surface area (Å²) >= 11 is 0. The fraction of sp³-hybridized carbons (Fsp3) is 0.467. The number of primary amides is 1. The first kappa shape index (κ1) is 17.4. The van der Waals surface area contributed by atoms with Crippen LogP contribution < -0.4 is 10.5 Å². The molecule has 1 aromatic rings. The second-order valence-electron chi connectivity index (χ2n) is 5.95. The van der Waals surface area contributed by atoms with Crippen molar-refractivity contribution >= 4 is 21.9 Å². The van der Waals surface area contributed by atoms with Gasteiger partial charge in [0.15, 0.2) is 0 Å². The van der Waals surface area contributed by atoms with Gasteiger partial charge in [-0.05, 0) is 56.4 Å². The molecule has 2 rings (SSSR count). The Morgan fingerprint density at radius 1 is 1.26 bits per heavy atom. The minimum atomic E-state index is -3.87. The molecule has 1 fully saturated rings. The van der Waals surface area contributed by atoms with E-state index in [4.69, 9.17) is 10.8 Å². The maximum absolute atomic E-state index is 12.6. The van der Waals surface area contributed by atoms with Crippen molar-refractivity contribution in [1.82, 2.24) is 4.72 Å². The monoisotopic (exact) mass is 340 g/mol. The Balaban J connectivity index is 2.30. The predicted molar refractivity (Wildman–Crippen MR) is 83.5 cm³/mol. The molecule has 0 bridgehead atoms. The van der Waals surface area contributed by atoms with Crippen LogP contribution in [0.3, 0.4) is 0 Å². The van der Waals surface area contributed by atoms with Crippen LogP contribution in [0, 0.1) is 19.8 Å². The summed E-state index contributed by atoms with van der Waals surface area (Å²) in [5, 5.41) is 9.10. The number of carbonyl (C=O) groups excluding carboxylic acids is 1. The van der Waals surface area contributed by atoms with Gasteiger partial charge < -0.3 is 10.8 Å². The summed E-state index contributed by atoms with van der Waals surface area (Å²) in [4.78, 5) is 22.3. The largest absolute Gasteiger partial charge is 0.478 e. The molecular weight excluding hydrogens is 320 g/mol. The average molecular weight is 340 g/mol. The van der Waals surface area contributed by atoms with E-state index in [1.54, 1.807) is 13.8 Å². The summed E-state index contributed by atoms with van der Waals surface area (Å²) in [6.07, 6.45) is 1.45. The fourth-order valence-electron chi connectivity index (χ4n) is 2.86. The Kier molecular flexibility index (Phi) is 4.76. The van der Waals surface area contributed by atoms with Crippen molar-refractivity contribution in [2.45, 2.75) is 44.0 Å². The molecule has 1 aliphatic carbocycles. The van der Waals surface area contributed by atoms with E-state index in [1.165, 1.54) is 6.07 Å². The third-order valence-corrected chi connectivity index (χ3v) is 5.96. The first-order valence-corrected chi connectivity index (χ1v) is 8.76. The topological polar surface area (TPSA) is 127 Å². The number of nitrogens with two attached hydrogens (primary N) is 1. The van der Waals surface area contributed by atoms with Crippen LogP contribution in [0.2, 0.25) is 0 Å². The van der Waals surface area contributed by atoms with Crippen molar-refractivity contribution in [2.75, 3.05) is 0 Å². The van der Waals surface area contributed by atoms with E-state index < -0.39 is 21.9 Å². The number of aromatic carboxylic acids is 1. The zero-order valence-corrected chi connectivity index (χ0v) is 13.8. The molecule has 1 saturated carbocycles. The summed E-state index contributed by atoms with van der Waals surface area (Å²) in [6, 6.07) is 2.23. The summed E-state index contributed by atoms with van der Waals surface area (Å²) in [5.74, 6) is -1.93. The molecule has 7 nitrogen and oxygen atoms in total. The standard InChI is InChI=1S/C15H20N2O5S/c1-8-5-11(15(19)20)7-13(9(8)2)23(21,22)17-12-4-3-10(6-12)14(16)18/h5,7,10,12,17H,3-4,6H2,1-2H3,(H2,16,18)(H,19,20)/t10-,12+/m0/s1. The Labute approximate surface area is 134 Å². The van der Waals surface area contributed by atoms with E-state index in [0.717, 1.165) is 6.07 Å². The molecular formula is C15H20N2O5S. The molecule has 1 amide bonds. The lowest BCUT2D eigenvalue weighted by Crippen LogP contribution is -2.34. The van der Waals surface area contributed by atoms with E-state index in [9.17, 15) is 18.0 Å². The number of carboxylic acids is 1. The molecule has 0 saturated heterocycles. The number of benzene rings is 1. The number of amides is 1. The van der Waals surface area contributed by atoms with E-state index in [-0.39, 0.29) is 22.4 Å². The second kappa shape index (κ2) is 6.29. The van der Waals surface area contributed by atoms with Gasteiger partial charge in [0.25, 0.3) is 0 Å². The number of carbonyl (C=O) groups is 2. The zero-order valence-electron chi connectivity index (χ0n) is 13.0. The van der Waals surface area contributed by atoms with Gasteiger partial charge in [-0.15, -0.1) is 0 Å². The van der Waals surface area contributed by atoms with Gasteiger partial charge in [-0.3, -0.25) is 4.79 Å². The molecule has 0 radical (unpaired) electrons. The van der Waals surface area contributed by atoms with Crippen LogP contribution >= 0.6 is 0 Å². The average Bonchev–Trinajstić information content (AvgIpc) is 2.89. The van der Waals surface area contributed by atoms with Gasteiger partial charge in [0.1, 0.15) is 0 Å². The summed E-state index contributed by atoms with van der Waals surface area (Å²) < 4.78 is 27.7. The van der Waals surface area contributed by atoms with Gasteiger partial charge in [-0.2, -0.15) is 0 Å². The highest BCUT2D eigenvalue weighted by molar-refractivity contribution is 7.89.